The van der Waals surface area contributed by atoms with Crippen LogP contribution in [-0.4, -0.2) is 38.5 Å². The first-order valence-electron chi connectivity index (χ1n) is 8.17. The summed E-state index contributed by atoms with van der Waals surface area (Å²) in [6, 6.07) is 10.1. The van der Waals surface area contributed by atoms with E-state index in [-0.39, 0.29) is 12.4 Å². The van der Waals surface area contributed by atoms with Gasteiger partial charge in [-0.15, -0.1) is 0 Å². The fraction of sp³-hybridized carbons (Fsp3) is 0.263. The standard InChI is InChI=1S/C19H21FN4OS/c1-19(2,11-25)24-15-10-13(8-9-21-15)17-16(22-18(23-17)26-3)12-4-6-14(20)7-5-12/h4-10,25H,11H2,1-3H3,(H,21,24)(H,22,23). The Morgan fingerprint density at radius 3 is 2.58 bits per heavy atom. The number of pyridine rings is 1. The second-order valence-corrected chi connectivity index (χ2v) is 7.37. The molecule has 0 atom stereocenters. The smallest absolute Gasteiger partial charge is 0.166 e. The minimum Gasteiger partial charge on any atom is -0.394 e. The number of hydrogen-bond donors (Lipinski definition) is 3. The number of imidazole rings is 1. The number of nitrogens with zero attached hydrogens (tertiary/aromatic N) is 2. The molecule has 0 unspecified atom stereocenters. The molecule has 0 aliphatic carbocycles. The number of thioether (sulfide) groups is 1. The molecule has 0 saturated carbocycles. The van der Waals surface area contributed by atoms with Gasteiger partial charge in [-0.05, 0) is 56.5 Å². The van der Waals surface area contributed by atoms with Crippen LogP contribution in [0.5, 0.6) is 0 Å². The molecule has 0 radical (unpaired) electrons. The average Bonchev–Trinajstić information content (AvgIpc) is 3.07. The Morgan fingerprint density at radius 2 is 1.92 bits per heavy atom. The van der Waals surface area contributed by atoms with Gasteiger partial charge in [-0.3, -0.25) is 0 Å². The summed E-state index contributed by atoms with van der Waals surface area (Å²) < 4.78 is 13.3. The zero-order chi connectivity index (χ0) is 18.7. The van der Waals surface area contributed by atoms with E-state index in [0.717, 1.165) is 27.7 Å². The van der Waals surface area contributed by atoms with Crippen LogP contribution in [0, 0.1) is 5.82 Å². The summed E-state index contributed by atoms with van der Waals surface area (Å²) in [5.41, 5.74) is 2.85. The van der Waals surface area contributed by atoms with Gasteiger partial charge >= 0.3 is 0 Å². The number of aromatic nitrogens is 3. The third-order valence-corrected chi connectivity index (χ3v) is 4.48. The van der Waals surface area contributed by atoms with E-state index in [0.29, 0.717) is 5.82 Å². The lowest BCUT2D eigenvalue weighted by Gasteiger charge is -2.24. The summed E-state index contributed by atoms with van der Waals surface area (Å²) in [5.74, 6) is 0.377. The lowest BCUT2D eigenvalue weighted by molar-refractivity contribution is 0.234. The maximum absolute atomic E-state index is 13.3. The van der Waals surface area contributed by atoms with E-state index in [1.807, 2.05) is 32.2 Å². The van der Waals surface area contributed by atoms with E-state index < -0.39 is 5.54 Å². The van der Waals surface area contributed by atoms with E-state index in [1.165, 1.54) is 23.9 Å². The van der Waals surface area contributed by atoms with Crippen molar-refractivity contribution >= 4 is 17.6 Å². The van der Waals surface area contributed by atoms with E-state index >= 15 is 0 Å². The zero-order valence-electron chi connectivity index (χ0n) is 14.9. The molecule has 0 spiro atoms. The lowest BCUT2D eigenvalue weighted by atomic mass is 10.0. The third kappa shape index (κ3) is 4.05. The van der Waals surface area contributed by atoms with Gasteiger partial charge in [0.1, 0.15) is 11.6 Å². The van der Waals surface area contributed by atoms with Crippen LogP contribution in [0.2, 0.25) is 0 Å². The molecule has 2 aromatic heterocycles. The number of nitrogens with one attached hydrogen (secondary N) is 2. The largest absolute Gasteiger partial charge is 0.394 e. The van der Waals surface area contributed by atoms with Crippen molar-refractivity contribution in [2.45, 2.75) is 24.5 Å². The normalized spacial score (nSPS) is 11.6. The number of H-pyrrole nitrogens is 1. The molecule has 1 aromatic carbocycles. The minimum atomic E-state index is -0.485. The molecule has 3 N–H and O–H groups in total. The van der Waals surface area contributed by atoms with Gasteiger partial charge in [0.2, 0.25) is 0 Å². The first-order valence-corrected chi connectivity index (χ1v) is 9.40. The maximum atomic E-state index is 13.3. The Morgan fingerprint density at radius 1 is 1.19 bits per heavy atom. The van der Waals surface area contributed by atoms with Crippen molar-refractivity contribution < 1.29 is 9.50 Å². The molecule has 0 fully saturated rings. The first kappa shape index (κ1) is 18.4. The van der Waals surface area contributed by atoms with Crippen molar-refractivity contribution in [3.8, 4) is 22.5 Å². The van der Waals surface area contributed by atoms with Crippen molar-refractivity contribution in [2.75, 3.05) is 18.2 Å². The van der Waals surface area contributed by atoms with Gasteiger partial charge in [0, 0.05) is 17.3 Å². The quantitative estimate of drug-likeness (QED) is 0.566. The predicted molar refractivity (Wildman–Crippen MR) is 104 cm³/mol. The Kier molecular flexibility index (Phi) is 5.29. The van der Waals surface area contributed by atoms with Gasteiger partial charge < -0.3 is 15.4 Å². The van der Waals surface area contributed by atoms with Crippen LogP contribution in [0.25, 0.3) is 22.5 Å². The third-order valence-electron chi connectivity index (χ3n) is 3.90. The van der Waals surface area contributed by atoms with Crippen LogP contribution in [-0.2, 0) is 0 Å². The summed E-state index contributed by atoms with van der Waals surface area (Å²) in [7, 11) is 0. The number of rotatable bonds is 6. The molecular weight excluding hydrogens is 351 g/mol. The number of benzene rings is 1. The monoisotopic (exact) mass is 372 g/mol. The molecular formula is C19H21FN4OS. The Balaban J connectivity index is 2.04. The Hall–Kier alpha value is -2.38. The summed E-state index contributed by atoms with van der Waals surface area (Å²) in [6.45, 7) is 3.77. The second-order valence-electron chi connectivity index (χ2n) is 6.57. The highest BCUT2D eigenvalue weighted by molar-refractivity contribution is 7.98. The Bertz CT molecular complexity index is 893. The molecule has 0 bridgehead atoms. The van der Waals surface area contributed by atoms with E-state index in [9.17, 15) is 9.50 Å². The van der Waals surface area contributed by atoms with Crippen molar-refractivity contribution in [3.05, 3.63) is 48.4 Å². The molecule has 0 aliphatic rings. The van der Waals surface area contributed by atoms with Crippen LogP contribution < -0.4 is 5.32 Å². The number of halogens is 1. The van der Waals surface area contributed by atoms with Gasteiger partial charge in [0.25, 0.3) is 0 Å². The summed E-state index contributed by atoms with van der Waals surface area (Å²) in [5, 5.41) is 13.4. The van der Waals surface area contributed by atoms with Crippen molar-refractivity contribution in [2.24, 2.45) is 0 Å². The molecule has 26 heavy (non-hydrogen) atoms. The van der Waals surface area contributed by atoms with Crippen LogP contribution in [0.4, 0.5) is 10.2 Å². The molecule has 3 rings (SSSR count). The molecule has 0 saturated heterocycles. The zero-order valence-corrected chi connectivity index (χ0v) is 15.7. The average molecular weight is 372 g/mol. The lowest BCUT2D eigenvalue weighted by Crippen LogP contribution is -2.35. The molecule has 136 valence electrons. The highest BCUT2D eigenvalue weighted by atomic mass is 32.2. The summed E-state index contributed by atoms with van der Waals surface area (Å²) in [4.78, 5) is 12.3. The topological polar surface area (TPSA) is 73.8 Å². The Labute approximate surface area is 156 Å². The van der Waals surface area contributed by atoms with Crippen LogP contribution in [0.15, 0.2) is 47.8 Å². The fourth-order valence-corrected chi connectivity index (χ4v) is 2.90. The van der Waals surface area contributed by atoms with Crippen LogP contribution in [0.3, 0.4) is 0 Å². The second kappa shape index (κ2) is 7.47. The summed E-state index contributed by atoms with van der Waals surface area (Å²) in [6.07, 6.45) is 3.65. The van der Waals surface area contributed by atoms with Gasteiger partial charge in [0.15, 0.2) is 5.16 Å². The van der Waals surface area contributed by atoms with Crippen molar-refractivity contribution in [1.82, 2.24) is 15.0 Å². The number of aliphatic hydroxyl groups is 1. The highest BCUT2D eigenvalue weighted by Crippen LogP contribution is 2.33. The minimum absolute atomic E-state index is 0.0151. The van der Waals surface area contributed by atoms with E-state index in [4.69, 9.17) is 0 Å². The molecule has 2 heterocycles. The maximum Gasteiger partial charge on any atom is 0.166 e. The number of anilines is 1. The van der Waals surface area contributed by atoms with Crippen molar-refractivity contribution in [3.63, 3.8) is 0 Å². The summed E-state index contributed by atoms with van der Waals surface area (Å²) >= 11 is 1.51. The first-order chi connectivity index (χ1) is 12.4. The molecule has 0 aliphatic heterocycles. The number of aromatic amines is 1. The van der Waals surface area contributed by atoms with Gasteiger partial charge in [-0.2, -0.15) is 0 Å². The molecule has 3 aromatic rings. The van der Waals surface area contributed by atoms with E-state index in [2.05, 4.69) is 20.3 Å². The van der Waals surface area contributed by atoms with Crippen LogP contribution in [0.1, 0.15) is 13.8 Å². The highest BCUT2D eigenvalue weighted by Gasteiger charge is 2.18. The van der Waals surface area contributed by atoms with Crippen molar-refractivity contribution in [1.29, 1.82) is 0 Å². The number of aliphatic hydroxyl groups excluding tert-OH is 1. The molecule has 7 heteroatoms. The fourth-order valence-electron chi connectivity index (χ4n) is 2.51. The van der Waals surface area contributed by atoms with Gasteiger partial charge in [0.05, 0.1) is 23.5 Å². The predicted octanol–water partition coefficient (Wildman–Crippen LogP) is 4.18. The van der Waals surface area contributed by atoms with Crippen LogP contribution >= 0.6 is 11.8 Å². The SMILES string of the molecule is CSc1nc(-c2ccnc(NC(C)(C)CO)c2)c(-c2ccc(F)cc2)[nH]1. The van der Waals surface area contributed by atoms with E-state index in [1.54, 1.807) is 18.3 Å². The van der Waals surface area contributed by atoms with Gasteiger partial charge in [-0.1, -0.05) is 11.8 Å². The molecule has 5 nitrogen and oxygen atoms in total. The molecule has 0 amide bonds. The van der Waals surface area contributed by atoms with Gasteiger partial charge in [-0.25, -0.2) is 14.4 Å². The number of hydrogen-bond acceptors (Lipinski definition) is 5.